The number of carbonyl (C=O) groups is 2. The molecule has 0 saturated carbocycles. The maximum absolute atomic E-state index is 12.6. The summed E-state index contributed by atoms with van der Waals surface area (Å²) in [4.78, 5) is 24.5. The van der Waals surface area contributed by atoms with Crippen LogP contribution in [-0.2, 0) is 14.8 Å². The summed E-state index contributed by atoms with van der Waals surface area (Å²) in [5.41, 5.74) is 3.01. The van der Waals surface area contributed by atoms with Crippen molar-refractivity contribution in [3.8, 4) is 0 Å². The summed E-state index contributed by atoms with van der Waals surface area (Å²) in [6, 6.07) is 17.5. The van der Waals surface area contributed by atoms with Gasteiger partial charge in [-0.25, -0.2) is 8.42 Å². The number of halogens is 1. The van der Waals surface area contributed by atoms with Crippen LogP contribution < -0.4 is 15.4 Å². The lowest BCUT2D eigenvalue weighted by Crippen LogP contribution is -2.33. The van der Waals surface area contributed by atoms with Crippen LogP contribution in [0.4, 0.5) is 11.4 Å². The van der Waals surface area contributed by atoms with Gasteiger partial charge in [0.25, 0.3) is 15.9 Å². The van der Waals surface area contributed by atoms with Gasteiger partial charge >= 0.3 is 0 Å². The fraction of sp³-hybridized carbons (Fsp3) is 0.130. The molecule has 0 aromatic heterocycles. The quantitative estimate of drug-likeness (QED) is 0.482. The maximum Gasteiger partial charge on any atom is 0.261 e. The van der Waals surface area contributed by atoms with E-state index in [2.05, 4.69) is 15.4 Å². The third kappa shape index (κ3) is 6.32. The van der Waals surface area contributed by atoms with Gasteiger partial charge in [0.05, 0.1) is 11.4 Å². The van der Waals surface area contributed by atoms with Gasteiger partial charge in [0, 0.05) is 22.0 Å². The predicted molar refractivity (Wildman–Crippen MR) is 126 cm³/mol. The highest BCUT2D eigenvalue weighted by molar-refractivity contribution is 7.92. The van der Waals surface area contributed by atoms with E-state index in [-0.39, 0.29) is 23.0 Å². The summed E-state index contributed by atoms with van der Waals surface area (Å²) in [5, 5.41) is 5.64. The Morgan fingerprint density at radius 2 is 1.53 bits per heavy atom. The van der Waals surface area contributed by atoms with Crippen molar-refractivity contribution in [3.05, 3.63) is 88.4 Å². The van der Waals surface area contributed by atoms with E-state index in [0.29, 0.717) is 16.3 Å². The van der Waals surface area contributed by atoms with Gasteiger partial charge in [-0.2, -0.15) is 0 Å². The highest BCUT2D eigenvalue weighted by atomic mass is 35.5. The summed E-state index contributed by atoms with van der Waals surface area (Å²) in [5.74, 6) is -0.849. The molecular formula is C23H22ClN3O4S. The van der Waals surface area contributed by atoms with Crippen LogP contribution in [0.5, 0.6) is 0 Å². The van der Waals surface area contributed by atoms with Crippen LogP contribution in [0, 0.1) is 13.8 Å². The number of carbonyl (C=O) groups excluding carboxylic acids is 2. The number of benzene rings is 3. The van der Waals surface area contributed by atoms with E-state index >= 15 is 0 Å². The molecule has 3 rings (SSSR count). The molecule has 0 atom stereocenters. The molecule has 7 nitrogen and oxygen atoms in total. The van der Waals surface area contributed by atoms with Crippen molar-refractivity contribution in [1.82, 2.24) is 5.32 Å². The number of hydrogen-bond acceptors (Lipinski definition) is 4. The minimum absolute atomic E-state index is 0.0236. The Labute approximate surface area is 191 Å². The maximum atomic E-state index is 12.6. The molecular weight excluding hydrogens is 450 g/mol. The smallest absolute Gasteiger partial charge is 0.261 e. The summed E-state index contributed by atoms with van der Waals surface area (Å²) in [6.45, 7) is 3.52. The van der Waals surface area contributed by atoms with Gasteiger partial charge in [0.1, 0.15) is 0 Å². The molecule has 0 aliphatic rings. The van der Waals surface area contributed by atoms with E-state index < -0.39 is 15.9 Å². The first-order valence-corrected chi connectivity index (χ1v) is 11.5. The first-order chi connectivity index (χ1) is 15.1. The predicted octanol–water partition coefficient (Wildman–Crippen LogP) is 4.13. The van der Waals surface area contributed by atoms with E-state index in [9.17, 15) is 18.0 Å². The molecule has 0 aliphatic carbocycles. The lowest BCUT2D eigenvalue weighted by Gasteiger charge is -2.11. The Morgan fingerprint density at radius 1 is 0.875 bits per heavy atom. The zero-order valence-electron chi connectivity index (χ0n) is 17.5. The van der Waals surface area contributed by atoms with Crippen molar-refractivity contribution in [3.63, 3.8) is 0 Å². The van der Waals surface area contributed by atoms with Gasteiger partial charge < -0.3 is 10.6 Å². The normalized spacial score (nSPS) is 11.0. The summed E-state index contributed by atoms with van der Waals surface area (Å²) < 4.78 is 27.7. The van der Waals surface area contributed by atoms with E-state index in [1.807, 2.05) is 19.9 Å². The summed E-state index contributed by atoms with van der Waals surface area (Å²) in [6.07, 6.45) is 0. The second kappa shape index (κ2) is 9.84. The molecule has 32 heavy (non-hydrogen) atoms. The minimum atomic E-state index is -3.87. The molecule has 0 aliphatic heterocycles. The van der Waals surface area contributed by atoms with Crippen LogP contribution in [-0.4, -0.2) is 26.8 Å². The topological polar surface area (TPSA) is 104 Å². The summed E-state index contributed by atoms with van der Waals surface area (Å²) in [7, 11) is -3.87. The first-order valence-electron chi connectivity index (χ1n) is 9.67. The minimum Gasteiger partial charge on any atom is -0.343 e. The molecule has 0 bridgehead atoms. The van der Waals surface area contributed by atoms with Gasteiger partial charge in [-0.05, 0) is 68.4 Å². The highest BCUT2D eigenvalue weighted by Crippen LogP contribution is 2.20. The molecule has 0 saturated heterocycles. The Hall–Kier alpha value is -3.36. The molecule has 9 heteroatoms. The Morgan fingerprint density at radius 3 is 2.19 bits per heavy atom. The number of sulfonamides is 1. The number of nitrogens with one attached hydrogen (secondary N) is 3. The monoisotopic (exact) mass is 471 g/mol. The Balaban J connectivity index is 1.62. The zero-order chi connectivity index (χ0) is 23.3. The molecule has 3 aromatic carbocycles. The summed E-state index contributed by atoms with van der Waals surface area (Å²) >= 11 is 5.82. The fourth-order valence-corrected chi connectivity index (χ4v) is 4.28. The lowest BCUT2D eigenvalue weighted by atomic mass is 10.1. The van der Waals surface area contributed by atoms with Crippen LogP contribution in [0.2, 0.25) is 5.02 Å². The van der Waals surface area contributed by atoms with Gasteiger partial charge in [-0.1, -0.05) is 34.9 Å². The zero-order valence-corrected chi connectivity index (χ0v) is 19.0. The molecule has 0 spiro atoms. The standard InChI is InChI=1S/C23H22ClN3O4S/c1-15-10-16(2)12-17(11-15)23(29)25-14-22(28)26-20-4-3-5-21(13-20)32(30,31)27-19-8-6-18(24)7-9-19/h3-13,27H,14H2,1-2H3,(H,25,29)(H,26,28). The number of aryl methyl sites for hydroxylation is 2. The highest BCUT2D eigenvalue weighted by Gasteiger charge is 2.16. The van der Waals surface area contributed by atoms with Crippen LogP contribution in [0.1, 0.15) is 21.5 Å². The molecule has 3 aromatic rings. The van der Waals surface area contributed by atoms with E-state index in [4.69, 9.17) is 11.6 Å². The SMILES string of the molecule is Cc1cc(C)cc(C(=O)NCC(=O)Nc2cccc(S(=O)(=O)Nc3ccc(Cl)cc3)c2)c1. The first kappa shape index (κ1) is 23.3. The largest absolute Gasteiger partial charge is 0.343 e. The van der Waals surface area contributed by atoms with Crippen molar-refractivity contribution >= 4 is 44.8 Å². The molecule has 0 fully saturated rings. The van der Waals surface area contributed by atoms with E-state index in [0.717, 1.165) is 11.1 Å². The van der Waals surface area contributed by atoms with E-state index in [1.165, 1.54) is 18.2 Å². The molecule has 166 valence electrons. The van der Waals surface area contributed by atoms with Gasteiger partial charge in [-0.3, -0.25) is 14.3 Å². The van der Waals surface area contributed by atoms with Gasteiger partial charge in [-0.15, -0.1) is 0 Å². The van der Waals surface area contributed by atoms with Crippen LogP contribution in [0.25, 0.3) is 0 Å². The molecule has 0 heterocycles. The average molecular weight is 472 g/mol. The lowest BCUT2D eigenvalue weighted by molar-refractivity contribution is -0.115. The van der Waals surface area contributed by atoms with Crippen molar-refractivity contribution in [2.24, 2.45) is 0 Å². The third-order valence-corrected chi connectivity index (χ3v) is 6.05. The molecule has 0 unspecified atom stereocenters. The number of anilines is 2. The second-order valence-corrected chi connectivity index (χ2v) is 9.37. The van der Waals surface area contributed by atoms with Crippen molar-refractivity contribution in [2.75, 3.05) is 16.6 Å². The number of rotatable bonds is 7. The average Bonchev–Trinajstić information content (AvgIpc) is 2.73. The van der Waals surface area contributed by atoms with Crippen LogP contribution in [0.15, 0.2) is 71.6 Å². The van der Waals surface area contributed by atoms with Gasteiger partial charge in [0.2, 0.25) is 5.91 Å². The molecule has 3 N–H and O–H groups in total. The van der Waals surface area contributed by atoms with Crippen molar-refractivity contribution in [2.45, 2.75) is 18.7 Å². The molecule has 2 amide bonds. The van der Waals surface area contributed by atoms with E-state index in [1.54, 1.807) is 42.5 Å². The Kier molecular flexibility index (Phi) is 7.17. The molecule has 0 radical (unpaired) electrons. The van der Waals surface area contributed by atoms with Crippen LogP contribution >= 0.6 is 11.6 Å². The fourth-order valence-electron chi connectivity index (χ4n) is 3.05. The third-order valence-electron chi connectivity index (χ3n) is 4.42. The number of hydrogen-bond donors (Lipinski definition) is 3. The van der Waals surface area contributed by atoms with Crippen LogP contribution in [0.3, 0.4) is 0 Å². The number of amides is 2. The van der Waals surface area contributed by atoms with Crippen molar-refractivity contribution in [1.29, 1.82) is 0 Å². The van der Waals surface area contributed by atoms with Gasteiger partial charge in [0.15, 0.2) is 0 Å². The Bertz CT molecular complexity index is 1240. The van der Waals surface area contributed by atoms with Crippen molar-refractivity contribution < 1.29 is 18.0 Å². The second-order valence-electron chi connectivity index (χ2n) is 7.25.